The summed E-state index contributed by atoms with van der Waals surface area (Å²) >= 11 is 0. The van der Waals surface area contributed by atoms with Crippen LogP contribution >= 0.6 is 0 Å². The lowest BCUT2D eigenvalue weighted by atomic mass is 10.1. The second-order valence-electron chi connectivity index (χ2n) is 3.05. The van der Waals surface area contributed by atoms with E-state index in [1.807, 2.05) is 19.0 Å². The second kappa shape index (κ2) is 4.41. The molecule has 0 fully saturated rings. The summed E-state index contributed by atoms with van der Waals surface area (Å²) in [7, 11) is 3.74. The molecule has 0 amide bonds. The number of rotatable bonds is 3. The van der Waals surface area contributed by atoms with E-state index >= 15 is 0 Å². The van der Waals surface area contributed by atoms with Crippen LogP contribution in [0.3, 0.4) is 0 Å². The summed E-state index contributed by atoms with van der Waals surface area (Å²) in [5.41, 5.74) is 0.867. The van der Waals surface area contributed by atoms with Gasteiger partial charge in [0.1, 0.15) is 0 Å². The fourth-order valence-corrected chi connectivity index (χ4v) is 0.964. The molecule has 0 saturated heterocycles. The van der Waals surface area contributed by atoms with Crippen molar-refractivity contribution >= 4 is 12.0 Å². The van der Waals surface area contributed by atoms with Crippen molar-refractivity contribution < 1.29 is 9.90 Å². The molecule has 0 saturated carbocycles. The Balaban J connectivity index is 3.02. The number of aromatic nitrogens is 1. The fraction of sp³-hybridized carbons (Fsp3) is 0.200. The van der Waals surface area contributed by atoms with Crippen molar-refractivity contribution in [2.24, 2.45) is 0 Å². The molecule has 1 N–H and O–H groups in total. The fourth-order valence-electron chi connectivity index (χ4n) is 0.964. The molecule has 1 aromatic rings. The Morgan fingerprint density at radius 1 is 1.57 bits per heavy atom. The molecule has 14 heavy (non-hydrogen) atoms. The first-order valence-corrected chi connectivity index (χ1v) is 4.13. The lowest BCUT2D eigenvalue weighted by Crippen LogP contribution is -2.02. The van der Waals surface area contributed by atoms with Gasteiger partial charge in [0, 0.05) is 32.1 Å². The number of carbonyl (C=O) groups is 1. The highest BCUT2D eigenvalue weighted by Crippen LogP contribution is 2.08. The maximum atomic E-state index is 10.8. The lowest BCUT2D eigenvalue weighted by molar-refractivity contribution is 0.0696. The van der Waals surface area contributed by atoms with E-state index in [-0.39, 0.29) is 5.56 Å². The number of hydrogen-bond acceptors (Lipinski definition) is 3. The van der Waals surface area contributed by atoms with Crippen molar-refractivity contribution in [2.45, 2.75) is 0 Å². The van der Waals surface area contributed by atoms with Crippen molar-refractivity contribution in [1.82, 2.24) is 9.88 Å². The summed E-state index contributed by atoms with van der Waals surface area (Å²) in [4.78, 5) is 16.5. The van der Waals surface area contributed by atoms with Gasteiger partial charge in [-0.05, 0) is 18.3 Å². The van der Waals surface area contributed by atoms with Gasteiger partial charge in [0.05, 0.1) is 5.56 Å². The first-order chi connectivity index (χ1) is 6.61. The molecule has 4 heteroatoms. The molecule has 1 aromatic heterocycles. The topological polar surface area (TPSA) is 53.4 Å². The molecule has 0 radical (unpaired) electrons. The molecule has 0 aliphatic rings. The summed E-state index contributed by atoms with van der Waals surface area (Å²) in [6.07, 6.45) is 6.50. The summed E-state index contributed by atoms with van der Waals surface area (Å²) in [5, 5.41) is 8.86. The summed E-state index contributed by atoms with van der Waals surface area (Å²) in [5.74, 6) is -0.939. The van der Waals surface area contributed by atoms with Gasteiger partial charge in [0.25, 0.3) is 0 Å². The van der Waals surface area contributed by atoms with Gasteiger partial charge in [0.2, 0.25) is 0 Å². The van der Waals surface area contributed by atoms with E-state index in [9.17, 15) is 4.79 Å². The van der Waals surface area contributed by atoms with Gasteiger partial charge in [0.15, 0.2) is 0 Å². The number of nitrogens with zero attached hydrogens (tertiary/aromatic N) is 2. The highest BCUT2D eigenvalue weighted by Gasteiger charge is 2.06. The maximum Gasteiger partial charge on any atom is 0.336 e. The zero-order valence-corrected chi connectivity index (χ0v) is 8.14. The van der Waals surface area contributed by atoms with Crippen LogP contribution < -0.4 is 0 Å². The second-order valence-corrected chi connectivity index (χ2v) is 3.05. The van der Waals surface area contributed by atoms with Crippen molar-refractivity contribution in [3.8, 4) is 0 Å². The SMILES string of the molecule is CN(C)/C=C/c1cnccc1C(=O)O. The maximum absolute atomic E-state index is 10.8. The van der Waals surface area contributed by atoms with E-state index in [4.69, 9.17) is 5.11 Å². The average Bonchev–Trinajstić information content (AvgIpc) is 2.15. The highest BCUT2D eigenvalue weighted by molar-refractivity contribution is 5.91. The average molecular weight is 192 g/mol. The highest BCUT2D eigenvalue weighted by atomic mass is 16.4. The van der Waals surface area contributed by atoms with E-state index in [0.29, 0.717) is 5.56 Å². The molecular weight excluding hydrogens is 180 g/mol. The zero-order chi connectivity index (χ0) is 10.6. The molecule has 0 aliphatic heterocycles. The minimum atomic E-state index is -0.939. The summed E-state index contributed by atoms with van der Waals surface area (Å²) in [6.45, 7) is 0. The van der Waals surface area contributed by atoms with Crippen LogP contribution in [0.25, 0.3) is 6.08 Å². The summed E-state index contributed by atoms with van der Waals surface area (Å²) < 4.78 is 0. The van der Waals surface area contributed by atoms with Crippen LogP contribution in [0.2, 0.25) is 0 Å². The van der Waals surface area contributed by atoms with Crippen LogP contribution in [0.1, 0.15) is 15.9 Å². The van der Waals surface area contributed by atoms with E-state index in [0.717, 1.165) is 0 Å². The third-order valence-corrected chi connectivity index (χ3v) is 1.63. The Hall–Kier alpha value is -1.84. The van der Waals surface area contributed by atoms with Crippen LogP contribution in [0, 0.1) is 0 Å². The van der Waals surface area contributed by atoms with Crippen LogP contribution in [0.4, 0.5) is 0 Å². The van der Waals surface area contributed by atoms with E-state index in [2.05, 4.69) is 4.98 Å². The lowest BCUT2D eigenvalue weighted by Gasteiger charge is -2.04. The van der Waals surface area contributed by atoms with Gasteiger partial charge in [-0.25, -0.2) is 4.79 Å². The molecular formula is C10H12N2O2. The van der Waals surface area contributed by atoms with Gasteiger partial charge < -0.3 is 10.0 Å². The van der Waals surface area contributed by atoms with E-state index in [1.54, 1.807) is 12.3 Å². The van der Waals surface area contributed by atoms with Gasteiger partial charge in [-0.15, -0.1) is 0 Å². The van der Waals surface area contributed by atoms with Crippen LogP contribution in [0.15, 0.2) is 24.7 Å². The molecule has 1 heterocycles. The number of pyridine rings is 1. The first kappa shape index (κ1) is 10.2. The smallest absolute Gasteiger partial charge is 0.336 e. The molecule has 0 spiro atoms. The Kier molecular flexibility index (Phi) is 3.23. The first-order valence-electron chi connectivity index (χ1n) is 4.13. The Labute approximate surface area is 82.5 Å². The summed E-state index contributed by atoms with van der Waals surface area (Å²) in [6, 6.07) is 1.48. The molecule has 0 bridgehead atoms. The molecule has 74 valence electrons. The van der Waals surface area contributed by atoms with Gasteiger partial charge in [-0.1, -0.05) is 0 Å². The normalized spacial score (nSPS) is 10.4. The molecule has 0 aliphatic carbocycles. The standard InChI is InChI=1S/C10H12N2O2/c1-12(2)6-4-8-7-11-5-3-9(8)10(13)14/h3-7H,1-2H3,(H,13,14)/b6-4+. The molecule has 0 atom stereocenters. The van der Waals surface area contributed by atoms with Crippen molar-refractivity contribution in [1.29, 1.82) is 0 Å². The monoisotopic (exact) mass is 192 g/mol. The van der Waals surface area contributed by atoms with E-state index < -0.39 is 5.97 Å². The zero-order valence-electron chi connectivity index (χ0n) is 8.14. The largest absolute Gasteiger partial charge is 0.478 e. The van der Waals surface area contributed by atoms with Crippen molar-refractivity contribution in [3.05, 3.63) is 35.8 Å². The van der Waals surface area contributed by atoms with E-state index in [1.165, 1.54) is 18.5 Å². The number of aromatic carboxylic acids is 1. The molecule has 4 nitrogen and oxygen atoms in total. The third-order valence-electron chi connectivity index (χ3n) is 1.63. The minimum Gasteiger partial charge on any atom is -0.478 e. The quantitative estimate of drug-likeness (QED) is 0.784. The number of carboxylic acids is 1. The Bertz CT molecular complexity index is 359. The third kappa shape index (κ3) is 2.58. The predicted octanol–water partition coefficient (Wildman–Crippen LogP) is 1.31. The minimum absolute atomic E-state index is 0.262. The van der Waals surface area contributed by atoms with Gasteiger partial charge in [-0.3, -0.25) is 4.98 Å². The Morgan fingerprint density at radius 2 is 2.29 bits per heavy atom. The molecule has 0 unspecified atom stereocenters. The van der Waals surface area contributed by atoms with Crippen LogP contribution in [-0.2, 0) is 0 Å². The van der Waals surface area contributed by atoms with Gasteiger partial charge in [-0.2, -0.15) is 0 Å². The van der Waals surface area contributed by atoms with Crippen molar-refractivity contribution in [3.63, 3.8) is 0 Å². The van der Waals surface area contributed by atoms with Crippen molar-refractivity contribution in [2.75, 3.05) is 14.1 Å². The van der Waals surface area contributed by atoms with Crippen LogP contribution in [0.5, 0.6) is 0 Å². The number of hydrogen-bond donors (Lipinski definition) is 1. The number of carboxylic acid groups (broad SMARTS) is 1. The molecule has 1 rings (SSSR count). The van der Waals surface area contributed by atoms with Gasteiger partial charge >= 0.3 is 5.97 Å². The van der Waals surface area contributed by atoms with Crippen LogP contribution in [-0.4, -0.2) is 35.1 Å². The predicted molar refractivity (Wildman–Crippen MR) is 53.9 cm³/mol. The Morgan fingerprint density at radius 3 is 2.86 bits per heavy atom. The molecule has 0 aromatic carbocycles.